The van der Waals surface area contributed by atoms with Crippen molar-refractivity contribution in [3.05, 3.63) is 101 Å². The minimum atomic E-state index is -0.216. The van der Waals surface area contributed by atoms with Gasteiger partial charge < -0.3 is 9.72 Å². The van der Waals surface area contributed by atoms with Gasteiger partial charge in [0.1, 0.15) is 12.4 Å². The number of aromatic nitrogens is 1. The van der Waals surface area contributed by atoms with Crippen molar-refractivity contribution >= 4 is 22.7 Å². The number of amides is 2. The monoisotopic (exact) mass is 396 g/mol. The summed E-state index contributed by atoms with van der Waals surface area (Å²) in [5.41, 5.74) is 4.13. The third kappa shape index (κ3) is 3.24. The van der Waals surface area contributed by atoms with Crippen molar-refractivity contribution in [2.75, 3.05) is 6.54 Å². The molecule has 4 aromatic rings. The van der Waals surface area contributed by atoms with Crippen molar-refractivity contribution < 1.29 is 14.3 Å². The van der Waals surface area contributed by atoms with E-state index in [2.05, 4.69) is 4.98 Å². The molecule has 1 aliphatic rings. The van der Waals surface area contributed by atoms with E-state index in [9.17, 15) is 9.59 Å². The van der Waals surface area contributed by atoms with Gasteiger partial charge in [0.15, 0.2) is 0 Å². The number of H-pyrrole nitrogens is 1. The fourth-order valence-electron chi connectivity index (χ4n) is 3.88. The van der Waals surface area contributed by atoms with E-state index in [1.54, 1.807) is 24.3 Å². The molecule has 1 N–H and O–H groups in total. The summed E-state index contributed by atoms with van der Waals surface area (Å²) in [4.78, 5) is 29.7. The van der Waals surface area contributed by atoms with Crippen molar-refractivity contribution in [2.45, 2.75) is 13.0 Å². The Labute approximate surface area is 173 Å². The molecule has 0 bridgehead atoms. The van der Waals surface area contributed by atoms with E-state index >= 15 is 0 Å². The Morgan fingerprint density at radius 3 is 2.27 bits per heavy atom. The van der Waals surface area contributed by atoms with Crippen molar-refractivity contribution in [3.8, 4) is 5.75 Å². The number of carbonyl (C=O) groups excluding carboxylic acids is 2. The molecule has 2 amide bonds. The Balaban J connectivity index is 1.28. The van der Waals surface area contributed by atoms with Crippen LogP contribution in [0.4, 0.5) is 0 Å². The number of benzene rings is 3. The van der Waals surface area contributed by atoms with Gasteiger partial charge in [-0.1, -0.05) is 42.5 Å². The largest absolute Gasteiger partial charge is 0.489 e. The molecule has 0 atom stereocenters. The molecule has 0 unspecified atom stereocenters. The summed E-state index contributed by atoms with van der Waals surface area (Å²) in [6, 6.07) is 23.0. The third-order valence-electron chi connectivity index (χ3n) is 5.47. The molecular formula is C25H20N2O3. The minimum Gasteiger partial charge on any atom is -0.489 e. The maximum atomic E-state index is 12.5. The second kappa shape index (κ2) is 7.52. The van der Waals surface area contributed by atoms with Gasteiger partial charge in [-0.15, -0.1) is 0 Å². The number of rotatable bonds is 6. The first-order valence-corrected chi connectivity index (χ1v) is 9.93. The highest BCUT2D eigenvalue weighted by Gasteiger charge is 2.34. The number of aromatic amines is 1. The van der Waals surface area contributed by atoms with Gasteiger partial charge in [-0.25, -0.2) is 0 Å². The van der Waals surface area contributed by atoms with E-state index in [1.165, 1.54) is 4.90 Å². The lowest BCUT2D eigenvalue weighted by molar-refractivity contribution is 0.0656. The molecule has 2 heterocycles. The van der Waals surface area contributed by atoms with Gasteiger partial charge in [0.25, 0.3) is 11.8 Å². The SMILES string of the molecule is O=C1c2ccccc2C(=O)N1CCc1c[nH]c2cc(OCc3ccccc3)ccc12. The topological polar surface area (TPSA) is 62.4 Å². The zero-order valence-electron chi connectivity index (χ0n) is 16.3. The van der Waals surface area contributed by atoms with Gasteiger partial charge in [0.05, 0.1) is 11.1 Å². The molecule has 0 fully saturated rings. The van der Waals surface area contributed by atoms with Crippen LogP contribution in [0.15, 0.2) is 79.0 Å². The Bertz CT molecular complexity index is 1210. The number of hydrogen-bond donors (Lipinski definition) is 1. The summed E-state index contributed by atoms with van der Waals surface area (Å²) in [6.45, 7) is 0.866. The van der Waals surface area contributed by atoms with Crippen LogP contribution < -0.4 is 4.74 Å². The maximum absolute atomic E-state index is 12.5. The molecular weight excluding hydrogens is 376 g/mol. The standard InChI is InChI=1S/C25H20N2O3/c28-24-21-8-4-5-9-22(21)25(29)27(24)13-12-18-15-26-23-14-19(10-11-20(18)23)30-16-17-6-2-1-3-7-17/h1-11,14-15,26H,12-13,16H2. The van der Waals surface area contributed by atoms with Crippen molar-refractivity contribution in [2.24, 2.45) is 0 Å². The van der Waals surface area contributed by atoms with Crippen LogP contribution in [0.5, 0.6) is 5.75 Å². The summed E-state index contributed by atoms with van der Waals surface area (Å²) < 4.78 is 5.90. The predicted octanol–water partition coefficient (Wildman–Crippen LogP) is 4.59. The Kier molecular flexibility index (Phi) is 4.56. The fraction of sp³-hybridized carbons (Fsp3) is 0.120. The number of nitrogens with zero attached hydrogens (tertiary/aromatic N) is 1. The Hall–Kier alpha value is -3.86. The van der Waals surface area contributed by atoms with Gasteiger partial charge in [-0.3, -0.25) is 14.5 Å². The van der Waals surface area contributed by atoms with Crippen molar-refractivity contribution in [1.29, 1.82) is 0 Å². The second-order valence-electron chi connectivity index (χ2n) is 7.35. The molecule has 0 aliphatic carbocycles. The number of imide groups is 1. The molecule has 5 heteroatoms. The van der Waals surface area contributed by atoms with Crippen LogP contribution in [-0.2, 0) is 13.0 Å². The molecule has 0 saturated carbocycles. The average molecular weight is 396 g/mol. The van der Waals surface area contributed by atoms with Crippen LogP contribution in [0.2, 0.25) is 0 Å². The quantitative estimate of drug-likeness (QED) is 0.485. The molecule has 0 spiro atoms. The summed E-state index contributed by atoms with van der Waals surface area (Å²) >= 11 is 0. The zero-order valence-corrected chi connectivity index (χ0v) is 16.3. The van der Waals surface area contributed by atoms with Crippen LogP contribution in [0, 0.1) is 0 Å². The lowest BCUT2D eigenvalue weighted by Gasteiger charge is -2.13. The Morgan fingerprint density at radius 2 is 1.53 bits per heavy atom. The van der Waals surface area contributed by atoms with Crippen LogP contribution >= 0.6 is 0 Å². The number of ether oxygens (including phenoxy) is 1. The normalized spacial score (nSPS) is 13.1. The zero-order chi connectivity index (χ0) is 20.5. The minimum absolute atomic E-state index is 0.216. The molecule has 0 saturated heterocycles. The fourth-order valence-corrected chi connectivity index (χ4v) is 3.88. The molecule has 3 aromatic carbocycles. The van der Waals surface area contributed by atoms with E-state index in [1.807, 2.05) is 54.7 Å². The first kappa shape index (κ1) is 18.2. The lowest BCUT2D eigenvalue weighted by Crippen LogP contribution is -2.31. The molecule has 30 heavy (non-hydrogen) atoms. The van der Waals surface area contributed by atoms with Crippen molar-refractivity contribution in [1.82, 2.24) is 9.88 Å². The van der Waals surface area contributed by atoms with Crippen molar-refractivity contribution in [3.63, 3.8) is 0 Å². The molecule has 0 radical (unpaired) electrons. The number of hydrogen-bond acceptors (Lipinski definition) is 3. The lowest BCUT2D eigenvalue weighted by atomic mass is 10.1. The highest BCUT2D eigenvalue weighted by atomic mass is 16.5. The van der Waals surface area contributed by atoms with Gasteiger partial charge >= 0.3 is 0 Å². The van der Waals surface area contributed by atoms with Gasteiger partial charge in [0.2, 0.25) is 0 Å². The summed E-state index contributed by atoms with van der Waals surface area (Å²) in [7, 11) is 0. The second-order valence-corrected chi connectivity index (χ2v) is 7.35. The van der Waals surface area contributed by atoms with E-state index in [-0.39, 0.29) is 11.8 Å². The van der Waals surface area contributed by atoms with Gasteiger partial charge in [0, 0.05) is 29.7 Å². The number of carbonyl (C=O) groups is 2. The van der Waals surface area contributed by atoms with E-state index in [0.29, 0.717) is 30.7 Å². The maximum Gasteiger partial charge on any atom is 0.261 e. The van der Waals surface area contributed by atoms with Crippen LogP contribution in [-0.4, -0.2) is 28.2 Å². The van der Waals surface area contributed by atoms with Crippen LogP contribution in [0.1, 0.15) is 31.8 Å². The smallest absolute Gasteiger partial charge is 0.261 e. The van der Waals surface area contributed by atoms with Crippen LogP contribution in [0.3, 0.4) is 0 Å². The Morgan fingerprint density at radius 1 is 0.833 bits per heavy atom. The summed E-state index contributed by atoms with van der Waals surface area (Å²) in [6.07, 6.45) is 2.53. The van der Waals surface area contributed by atoms with Gasteiger partial charge in [-0.05, 0) is 41.8 Å². The third-order valence-corrected chi connectivity index (χ3v) is 5.47. The molecule has 148 valence electrons. The molecule has 1 aromatic heterocycles. The van der Waals surface area contributed by atoms with E-state index in [4.69, 9.17) is 4.74 Å². The first-order chi connectivity index (χ1) is 14.7. The molecule has 5 rings (SSSR count). The predicted molar refractivity (Wildman–Crippen MR) is 115 cm³/mol. The van der Waals surface area contributed by atoms with E-state index < -0.39 is 0 Å². The highest BCUT2D eigenvalue weighted by Crippen LogP contribution is 2.26. The summed E-state index contributed by atoms with van der Waals surface area (Å²) in [5, 5.41) is 1.07. The van der Waals surface area contributed by atoms with Gasteiger partial charge in [-0.2, -0.15) is 0 Å². The first-order valence-electron chi connectivity index (χ1n) is 9.93. The number of fused-ring (bicyclic) bond motifs is 2. The van der Waals surface area contributed by atoms with Crippen LogP contribution in [0.25, 0.3) is 10.9 Å². The van der Waals surface area contributed by atoms with E-state index in [0.717, 1.165) is 27.8 Å². The molecule has 1 aliphatic heterocycles. The highest BCUT2D eigenvalue weighted by molar-refractivity contribution is 6.21. The average Bonchev–Trinajstić information content (AvgIpc) is 3.30. The summed E-state index contributed by atoms with van der Waals surface area (Å²) in [5.74, 6) is 0.360. The molecule has 5 nitrogen and oxygen atoms in total. The number of nitrogens with one attached hydrogen (secondary N) is 1.